The van der Waals surface area contributed by atoms with Crippen molar-refractivity contribution in [1.82, 2.24) is 15.1 Å². The van der Waals surface area contributed by atoms with Gasteiger partial charge in [0.1, 0.15) is 5.82 Å². The van der Waals surface area contributed by atoms with Crippen LogP contribution in [0, 0.1) is 0 Å². The van der Waals surface area contributed by atoms with Gasteiger partial charge in [-0.2, -0.15) is 5.54 Å². The zero-order valence-corrected chi connectivity index (χ0v) is 7.72. The van der Waals surface area contributed by atoms with E-state index in [0.717, 1.165) is 15.7 Å². The van der Waals surface area contributed by atoms with Crippen LogP contribution in [-0.2, 0) is 0 Å². The molecule has 0 unspecified atom stereocenters. The number of hydrogen-bond donors (Lipinski definition) is 1. The van der Waals surface area contributed by atoms with Crippen molar-refractivity contribution in [3.8, 4) is 11.4 Å². The molecule has 0 atom stereocenters. The summed E-state index contributed by atoms with van der Waals surface area (Å²) >= 11 is 0. The average molecular weight is 205 g/mol. The van der Waals surface area contributed by atoms with Crippen molar-refractivity contribution in [2.75, 3.05) is 0 Å². The number of carbonyl (C=O) groups is 1. The summed E-state index contributed by atoms with van der Waals surface area (Å²) in [5.41, 5.74) is 1.82. The molecule has 0 saturated heterocycles. The Morgan fingerprint density at radius 3 is 2.73 bits per heavy atom. The Morgan fingerprint density at radius 2 is 2.07 bits per heavy atom. The van der Waals surface area contributed by atoms with Crippen molar-refractivity contribution in [3.05, 3.63) is 42.7 Å². The Hall–Kier alpha value is -2.17. The summed E-state index contributed by atoms with van der Waals surface area (Å²) in [7, 11) is 0. The Labute approximate surface area is 85.3 Å². The first-order valence-corrected chi connectivity index (χ1v) is 4.32. The molecule has 2 aromatic rings. The van der Waals surface area contributed by atoms with E-state index in [9.17, 15) is 9.28 Å². The molecule has 1 N–H and O–H groups in total. The van der Waals surface area contributed by atoms with Gasteiger partial charge in [0.15, 0.2) is 0 Å². The molecule has 0 radical (unpaired) electrons. The topological polar surface area (TPSA) is 46.9 Å². The van der Waals surface area contributed by atoms with Crippen molar-refractivity contribution in [1.29, 1.82) is 0 Å². The van der Waals surface area contributed by atoms with Crippen molar-refractivity contribution in [2.45, 2.75) is 0 Å². The van der Waals surface area contributed by atoms with Crippen molar-refractivity contribution >= 4 is 6.03 Å². The molecule has 76 valence electrons. The zero-order chi connectivity index (χ0) is 10.7. The molecule has 0 aliphatic carbocycles. The van der Waals surface area contributed by atoms with E-state index < -0.39 is 6.03 Å². The number of aromatic nitrogens is 2. The van der Waals surface area contributed by atoms with E-state index in [1.165, 1.54) is 12.4 Å². The van der Waals surface area contributed by atoms with Gasteiger partial charge in [0.05, 0.1) is 0 Å². The molecule has 0 aliphatic heterocycles. The van der Waals surface area contributed by atoms with Crippen LogP contribution >= 0.6 is 0 Å². The smallest absolute Gasteiger partial charge is 0.249 e. The van der Waals surface area contributed by atoms with Crippen molar-refractivity contribution < 1.29 is 9.28 Å². The monoisotopic (exact) mass is 205 g/mol. The standard InChI is InChI=1S/C10H8FN3O/c11-13-10(15)14-7-6-12-9(14)8-4-2-1-3-5-8/h1-7H,(H,13,15). The first-order valence-electron chi connectivity index (χ1n) is 4.32. The second-order valence-electron chi connectivity index (χ2n) is 2.89. The summed E-state index contributed by atoms with van der Waals surface area (Å²) in [6, 6.07) is 8.23. The number of benzene rings is 1. The van der Waals surface area contributed by atoms with Gasteiger partial charge in [-0.05, 0) is 0 Å². The third kappa shape index (κ3) is 1.71. The van der Waals surface area contributed by atoms with E-state index in [1.54, 1.807) is 12.1 Å². The Balaban J connectivity index is 2.46. The molecule has 0 fully saturated rings. The van der Waals surface area contributed by atoms with Gasteiger partial charge in [-0.15, -0.1) is 0 Å². The maximum absolute atomic E-state index is 12.0. The number of amides is 1. The third-order valence-electron chi connectivity index (χ3n) is 1.97. The number of rotatable bonds is 1. The Kier molecular flexibility index (Phi) is 2.45. The molecule has 0 aliphatic rings. The number of halogens is 1. The largest absolute Gasteiger partial charge is 0.355 e. The quantitative estimate of drug-likeness (QED) is 0.723. The molecule has 1 aromatic heterocycles. The lowest BCUT2D eigenvalue weighted by molar-refractivity contribution is 0.219. The molecule has 15 heavy (non-hydrogen) atoms. The molecular weight excluding hydrogens is 197 g/mol. The minimum absolute atomic E-state index is 0.408. The van der Waals surface area contributed by atoms with Gasteiger partial charge in [-0.3, -0.25) is 0 Å². The summed E-state index contributed by atoms with van der Waals surface area (Å²) in [4.78, 5) is 15.1. The van der Waals surface area contributed by atoms with Crippen LogP contribution < -0.4 is 5.54 Å². The van der Waals surface area contributed by atoms with Gasteiger partial charge in [-0.1, -0.05) is 34.8 Å². The number of nitrogens with zero attached hydrogens (tertiary/aromatic N) is 2. The van der Waals surface area contributed by atoms with Crippen LogP contribution in [-0.4, -0.2) is 15.6 Å². The molecule has 4 nitrogen and oxygen atoms in total. The summed E-state index contributed by atoms with van der Waals surface area (Å²) < 4.78 is 13.1. The molecule has 1 amide bonds. The van der Waals surface area contributed by atoms with Gasteiger partial charge in [0.2, 0.25) is 0 Å². The lowest BCUT2D eigenvalue weighted by atomic mass is 10.2. The Bertz CT molecular complexity index is 467. The normalized spacial score (nSPS) is 9.93. The van der Waals surface area contributed by atoms with Gasteiger partial charge in [0.25, 0.3) is 0 Å². The van der Waals surface area contributed by atoms with Crippen molar-refractivity contribution in [2.24, 2.45) is 0 Å². The molecular formula is C10H8FN3O. The fourth-order valence-electron chi connectivity index (χ4n) is 1.31. The van der Waals surface area contributed by atoms with E-state index in [2.05, 4.69) is 4.98 Å². The highest BCUT2D eigenvalue weighted by molar-refractivity contribution is 5.80. The van der Waals surface area contributed by atoms with Crippen LogP contribution in [0.3, 0.4) is 0 Å². The van der Waals surface area contributed by atoms with Gasteiger partial charge >= 0.3 is 6.03 Å². The second kappa shape index (κ2) is 3.91. The molecule has 0 bridgehead atoms. The minimum atomic E-state index is -0.855. The average Bonchev–Trinajstić information content (AvgIpc) is 2.78. The molecule has 2 rings (SSSR count). The molecule has 5 heteroatoms. The molecule has 0 saturated carbocycles. The van der Waals surface area contributed by atoms with Gasteiger partial charge in [0, 0.05) is 18.0 Å². The predicted octanol–water partition coefficient (Wildman–Crippen LogP) is 1.99. The first kappa shape index (κ1) is 9.39. The summed E-state index contributed by atoms with van der Waals surface area (Å²) in [6.07, 6.45) is 2.84. The number of nitrogens with one attached hydrogen (secondary N) is 1. The highest BCUT2D eigenvalue weighted by Crippen LogP contribution is 2.16. The van der Waals surface area contributed by atoms with Crippen LogP contribution in [0.15, 0.2) is 42.7 Å². The molecule has 1 aromatic carbocycles. The Morgan fingerprint density at radius 1 is 1.33 bits per heavy atom. The van der Waals surface area contributed by atoms with Gasteiger partial charge in [-0.25, -0.2) is 14.3 Å². The van der Waals surface area contributed by atoms with Crippen LogP contribution in [0.2, 0.25) is 0 Å². The van der Waals surface area contributed by atoms with Gasteiger partial charge < -0.3 is 0 Å². The fourth-order valence-corrected chi connectivity index (χ4v) is 1.31. The minimum Gasteiger partial charge on any atom is -0.249 e. The third-order valence-corrected chi connectivity index (χ3v) is 1.97. The van der Waals surface area contributed by atoms with Crippen LogP contribution in [0.25, 0.3) is 11.4 Å². The van der Waals surface area contributed by atoms with Crippen LogP contribution in [0.1, 0.15) is 0 Å². The highest BCUT2D eigenvalue weighted by Gasteiger charge is 2.10. The summed E-state index contributed by atoms with van der Waals surface area (Å²) in [5.74, 6) is 0.408. The first-order chi connectivity index (χ1) is 7.33. The second-order valence-corrected chi connectivity index (χ2v) is 2.89. The number of hydrogen-bond acceptors (Lipinski definition) is 2. The SMILES string of the molecule is O=C(NF)n1ccnc1-c1ccccc1. The lowest BCUT2D eigenvalue weighted by Gasteiger charge is -2.03. The number of imidazole rings is 1. The lowest BCUT2D eigenvalue weighted by Crippen LogP contribution is -2.21. The highest BCUT2D eigenvalue weighted by atomic mass is 19.2. The maximum Gasteiger partial charge on any atom is 0.355 e. The number of carbonyl (C=O) groups excluding carboxylic acids is 1. The summed E-state index contributed by atoms with van der Waals surface area (Å²) in [6.45, 7) is 0. The van der Waals surface area contributed by atoms with E-state index >= 15 is 0 Å². The summed E-state index contributed by atoms with van der Waals surface area (Å²) in [5, 5.41) is 0. The van der Waals surface area contributed by atoms with Crippen molar-refractivity contribution in [3.63, 3.8) is 0 Å². The van der Waals surface area contributed by atoms with E-state index in [4.69, 9.17) is 0 Å². The van der Waals surface area contributed by atoms with Crippen LogP contribution in [0.4, 0.5) is 9.28 Å². The molecule has 1 heterocycles. The fraction of sp³-hybridized carbons (Fsp3) is 0. The van der Waals surface area contributed by atoms with E-state index in [0.29, 0.717) is 5.82 Å². The molecule has 0 spiro atoms. The maximum atomic E-state index is 12.0. The van der Waals surface area contributed by atoms with Crippen LogP contribution in [0.5, 0.6) is 0 Å². The van der Waals surface area contributed by atoms with E-state index in [-0.39, 0.29) is 0 Å². The van der Waals surface area contributed by atoms with E-state index in [1.807, 2.05) is 18.2 Å². The predicted molar refractivity (Wildman–Crippen MR) is 52.7 cm³/mol. The zero-order valence-electron chi connectivity index (χ0n) is 7.72.